The molecule has 0 aliphatic carbocycles. The molecule has 1 amide bonds. The second-order valence-electron chi connectivity index (χ2n) is 5.22. The largest absolute Gasteiger partial charge is 0.337 e. The van der Waals surface area contributed by atoms with E-state index in [-0.39, 0.29) is 11.3 Å². The summed E-state index contributed by atoms with van der Waals surface area (Å²) >= 11 is 0. The van der Waals surface area contributed by atoms with E-state index in [0.29, 0.717) is 5.82 Å². The number of anilines is 1. The molecule has 1 heterocycles. The molecule has 0 aliphatic rings. The number of hydrogen-bond acceptors (Lipinski definition) is 2. The van der Waals surface area contributed by atoms with Crippen LogP contribution < -0.4 is 5.32 Å². The summed E-state index contributed by atoms with van der Waals surface area (Å²) in [5, 5.41) is 2.79. The summed E-state index contributed by atoms with van der Waals surface area (Å²) in [6, 6.07) is 9.33. The summed E-state index contributed by atoms with van der Waals surface area (Å²) in [5.41, 5.74) is 1.66. The first-order valence-corrected chi connectivity index (χ1v) is 5.89. The predicted molar refractivity (Wildman–Crippen MR) is 71.7 cm³/mol. The average molecular weight is 243 g/mol. The minimum Gasteiger partial charge on any atom is -0.337 e. The molecule has 4 heteroatoms. The number of benzene rings is 1. The van der Waals surface area contributed by atoms with E-state index in [4.69, 9.17) is 0 Å². The van der Waals surface area contributed by atoms with Gasteiger partial charge in [-0.3, -0.25) is 4.79 Å². The van der Waals surface area contributed by atoms with E-state index in [9.17, 15) is 4.79 Å². The summed E-state index contributed by atoms with van der Waals surface area (Å²) in [6.45, 7) is 6.21. The van der Waals surface area contributed by atoms with E-state index in [0.717, 1.165) is 11.4 Å². The SMILES string of the molecule is CC(C)(C)c1cnc(C(=O)Nc2ccccc2)[nH]1. The minimum atomic E-state index is -0.225. The highest BCUT2D eigenvalue weighted by molar-refractivity contribution is 6.01. The van der Waals surface area contributed by atoms with Gasteiger partial charge in [0.15, 0.2) is 5.82 Å². The van der Waals surface area contributed by atoms with Gasteiger partial charge in [-0.2, -0.15) is 0 Å². The lowest BCUT2D eigenvalue weighted by atomic mass is 9.93. The van der Waals surface area contributed by atoms with Crippen LogP contribution in [0.4, 0.5) is 5.69 Å². The quantitative estimate of drug-likeness (QED) is 0.852. The van der Waals surface area contributed by atoms with E-state index in [2.05, 4.69) is 36.1 Å². The number of nitrogens with zero attached hydrogens (tertiary/aromatic N) is 1. The van der Waals surface area contributed by atoms with Gasteiger partial charge in [-0.1, -0.05) is 39.0 Å². The molecule has 2 rings (SSSR count). The average Bonchev–Trinajstić information content (AvgIpc) is 2.79. The van der Waals surface area contributed by atoms with Gasteiger partial charge in [-0.15, -0.1) is 0 Å². The van der Waals surface area contributed by atoms with Crippen molar-refractivity contribution >= 4 is 11.6 Å². The molecule has 0 unspecified atom stereocenters. The van der Waals surface area contributed by atoms with Crippen LogP contribution in [0.25, 0.3) is 0 Å². The molecule has 18 heavy (non-hydrogen) atoms. The zero-order chi connectivity index (χ0) is 13.2. The van der Waals surface area contributed by atoms with Crippen molar-refractivity contribution in [1.29, 1.82) is 0 Å². The Morgan fingerprint density at radius 2 is 1.89 bits per heavy atom. The summed E-state index contributed by atoms with van der Waals surface area (Å²) in [7, 11) is 0. The van der Waals surface area contributed by atoms with Gasteiger partial charge < -0.3 is 10.3 Å². The molecular weight excluding hydrogens is 226 g/mol. The van der Waals surface area contributed by atoms with Crippen LogP contribution in [-0.4, -0.2) is 15.9 Å². The topological polar surface area (TPSA) is 57.8 Å². The Hall–Kier alpha value is -2.10. The number of carbonyl (C=O) groups is 1. The van der Waals surface area contributed by atoms with Crippen LogP contribution in [0.5, 0.6) is 0 Å². The maximum atomic E-state index is 11.9. The standard InChI is InChI=1S/C14H17N3O/c1-14(2,3)11-9-15-12(17-11)13(18)16-10-7-5-4-6-8-10/h4-9H,1-3H3,(H,15,17)(H,16,18). The van der Waals surface area contributed by atoms with Crippen molar-refractivity contribution < 1.29 is 4.79 Å². The first kappa shape index (κ1) is 12.4. The van der Waals surface area contributed by atoms with Crippen molar-refractivity contribution in [3.05, 3.63) is 48.0 Å². The number of carbonyl (C=O) groups excluding carboxylic acids is 1. The Balaban J connectivity index is 2.13. The highest BCUT2D eigenvalue weighted by Gasteiger charge is 2.18. The Bertz CT molecular complexity index is 538. The van der Waals surface area contributed by atoms with Gasteiger partial charge in [-0.25, -0.2) is 4.98 Å². The van der Waals surface area contributed by atoms with E-state index < -0.39 is 0 Å². The number of para-hydroxylation sites is 1. The molecule has 0 fully saturated rings. The van der Waals surface area contributed by atoms with E-state index >= 15 is 0 Å². The predicted octanol–water partition coefficient (Wildman–Crippen LogP) is 2.96. The summed E-state index contributed by atoms with van der Waals surface area (Å²) in [6.07, 6.45) is 1.71. The normalized spacial score (nSPS) is 11.3. The number of amides is 1. The molecule has 0 aliphatic heterocycles. The molecule has 0 radical (unpaired) electrons. The molecule has 2 aromatic rings. The van der Waals surface area contributed by atoms with Gasteiger partial charge in [0.2, 0.25) is 0 Å². The maximum absolute atomic E-state index is 11.9. The Morgan fingerprint density at radius 1 is 1.22 bits per heavy atom. The number of hydrogen-bond donors (Lipinski definition) is 2. The fourth-order valence-electron chi connectivity index (χ4n) is 1.53. The third kappa shape index (κ3) is 2.77. The van der Waals surface area contributed by atoms with E-state index in [1.807, 2.05) is 30.3 Å². The van der Waals surface area contributed by atoms with Crippen LogP contribution in [0, 0.1) is 0 Å². The van der Waals surface area contributed by atoms with Crippen molar-refractivity contribution in [2.24, 2.45) is 0 Å². The lowest BCUT2D eigenvalue weighted by Gasteiger charge is -2.14. The second-order valence-corrected chi connectivity index (χ2v) is 5.22. The number of imidazole rings is 1. The number of aromatic amines is 1. The molecule has 1 aromatic carbocycles. The molecule has 2 N–H and O–H groups in total. The van der Waals surface area contributed by atoms with Crippen molar-refractivity contribution in [2.45, 2.75) is 26.2 Å². The van der Waals surface area contributed by atoms with Gasteiger partial charge in [0.1, 0.15) is 0 Å². The van der Waals surface area contributed by atoms with Crippen molar-refractivity contribution in [3.63, 3.8) is 0 Å². The van der Waals surface area contributed by atoms with Crippen LogP contribution in [0.2, 0.25) is 0 Å². The molecule has 1 aromatic heterocycles. The molecule has 0 spiro atoms. The number of H-pyrrole nitrogens is 1. The Morgan fingerprint density at radius 3 is 2.44 bits per heavy atom. The number of nitrogens with one attached hydrogen (secondary N) is 2. The molecule has 4 nitrogen and oxygen atoms in total. The summed E-state index contributed by atoms with van der Waals surface area (Å²) < 4.78 is 0. The highest BCUT2D eigenvalue weighted by atomic mass is 16.2. The van der Waals surface area contributed by atoms with Crippen LogP contribution >= 0.6 is 0 Å². The zero-order valence-corrected chi connectivity index (χ0v) is 10.8. The lowest BCUT2D eigenvalue weighted by Crippen LogP contribution is -2.15. The molecule has 0 saturated heterocycles. The van der Waals surface area contributed by atoms with E-state index in [1.54, 1.807) is 6.20 Å². The van der Waals surface area contributed by atoms with Gasteiger partial charge >= 0.3 is 0 Å². The van der Waals surface area contributed by atoms with Crippen molar-refractivity contribution in [2.75, 3.05) is 5.32 Å². The van der Waals surface area contributed by atoms with Gasteiger partial charge in [0, 0.05) is 23.0 Å². The highest BCUT2D eigenvalue weighted by Crippen LogP contribution is 2.19. The first-order valence-electron chi connectivity index (χ1n) is 5.89. The van der Waals surface area contributed by atoms with Crippen LogP contribution in [0.15, 0.2) is 36.5 Å². The lowest BCUT2D eigenvalue weighted by molar-refractivity contribution is 0.101. The van der Waals surface area contributed by atoms with Crippen LogP contribution in [-0.2, 0) is 5.41 Å². The van der Waals surface area contributed by atoms with Crippen LogP contribution in [0.3, 0.4) is 0 Å². The van der Waals surface area contributed by atoms with Gasteiger partial charge in [0.05, 0.1) is 0 Å². The number of aromatic nitrogens is 2. The molecule has 94 valence electrons. The van der Waals surface area contributed by atoms with Crippen molar-refractivity contribution in [1.82, 2.24) is 9.97 Å². The smallest absolute Gasteiger partial charge is 0.291 e. The zero-order valence-electron chi connectivity index (χ0n) is 10.8. The van der Waals surface area contributed by atoms with Crippen LogP contribution in [0.1, 0.15) is 37.1 Å². The molecular formula is C14H17N3O. The molecule has 0 atom stereocenters. The monoisotopic (exact) mass is 243 g/mol. The van der Waals surface area contributed by atoms with Gasteiger partial charge in [0.25, 0.3) is 5.91 Å². The van der Waals surface area contributed by atoms with E-state index in [1.165, 1.54) is 0 Å². The first-order chi connectivity index (χ1) is 8.47. The minimum absolute atomic E-state index is 0.0434. The second kappa shape index (κ2) is 4.64. The van der Waals surface area contributed by atoms with Gasteiger partial charge in [-0.05, 0) is 12.1 Å². The maximum Gasteiger partial charge on any atom is 0.291 e. The fraction of sp³-hybridized carbons (Fsp3) is 0.286. The third-order valence-corrected chi connectivity index (χ3v) is 2.63. The third-order valence-electron chi connectivity index (χ3n) is 2.63. The summed E-state index contributed by atoms with van der Waals surface area (Å²) in [5.74, 6) is 0.112. The summed E-state index contributed by atoms with van der Waals surface area (Å²) in [4.78, 5) is 19.1. The molecule has 0 saturated carbocycles. The van der Waals surface area contributed by atoms with Crippen molar-refractivity contribution in [3.8, 4) is 0 Å². The number of rotatable bonds is 2. The Kier molecular flexibility index (Phi) is 3.19. The fourth-order valence-corrected chi connectivity index (χ4v) is 1.53. The molecule has 0 bridgehead atoms. The Labute approximate surface area is 106 Å².